The van der Waals surface area contributed by atoms with Crippen molar-refractivity contribution in [2.75, 3.05) is 10.2 Å². The Morgan fingerprint density at radius 3 is 2.35 bits per heavy atom. The van der Waals surface area contributed by atoms with Crippen molar-refractivity contribution in [3.8, 4) is 0 Å². The average molecular weight is 331 g/mol. The highest BCUT2D eigenvalue weighted by molar-refractivity contribution is 6.34. The summed E-state index contributed by atoms with van der Waals surface area (Å²) in [4.78, 5) is 38.0. The molecule has 3 aliphatic rings. The summed E-state index contributed by atoms with van der Waals surface area (Å²) in [5, 5.41) is 2.98. The van der Waals surface area contributed by atoms with Gasteiger partial charge in [0.05, 0.1) is 28.2 Å². The van der Waals surface area contributed by atoms with Crippen LogP contribution in [0.2, 0.25) is 5.02 Å². The summed E-state index contributed by atoms with van der Waals surface area (Å²) < 4.78 is 0. The summed E-state index contributed by atoms with van der Waals surface area (Å²) >= 11 is 6.06. The molecule has 4 rings (SSSR count). The van der Waals surface area contributed by atoms with E-state index in [1.165, 1.54) is 11.8 Å². The third kappa shape index (κ3) is 2.03. The molecule has 1 saturated carbocycles. The monoisotopic (exact) mass is 330 g/mol. The second-order valence-electron chi connectivity index (χ2n) is 6.36. The Balaban J connectivity index is 1.70. The first-order chi connectivity index (χ1) is 11.0. The average Bonchev–Trinajstić information content (AvgIpc) is 3.16. The van der Waals surface area contributed by atoms with Gasteiger partial charge in [-0.1, -0.05) is 23.8 Å². The van der Waals surface area contributed by atoms with E-state index in [0.717, 1.165) is 6.42 Å². The van der Waals surface area contributed by atoms with Crippen LogP contribution < -0.4 is 10.2 Å². The molecule has 1 N–H and O–H groups in total. The van der Waals surface area contributed by atoms with Crippen LogP contribution in [0.4, 0.5) is 11.4 Å². The van der Waals surface area contributed by atoms with E-state index < -0.39 is 0 Å². The van der Waals surface area contributed by atoms with Crippen LogP contribution in [0, 0.1) is 23.7 Å². The topological polar surface area (TPSA) is 66.5 Å². The lowest BCUT2D eigenvalue weighted by molar-refractivity contribution is -0.123. The highest BCUT2D eigenvalue weighted by Gasteiger charge is 2.59. The zero-order chi connectivity index (χ0) is 16.3. The van der Waals surface area contributed by atoms with Crippen molar-refractivity contribution >= 4 is 40.7 Å². The number of hydrogen-bond acceptors (Lipinski definition) is 3. The van der Waals surface area contributed by atoms with Gasteiger partial charge < -0.3 is 5.32 Å². The van der Waals surface area contributed by atoms with Crippen LogP contribution in [-0.2, 0) is 14.4 Å². The van der Waals surface area contributed by atoms with E-state index in [2.05, 4.69) is 17.5 Å². The van der Waals surface area contributed by atoms with Gasteiger partial charge in [-0.3, -0.25) is 14.4 Å². The summed E-state index contributed by atoms with van der Waals surface area (Å²) in [6.07, 6.45) is 5.02. The van der Waals surface area contributed by atoms with E-state index in [0.29, 0.717) is 16.4 Å². The molecule has 23 heavy (non-hydrogen) atoms. The molecule has 0 spiro atoms. The Labute approximate surface area is 138 Å². The van der Waals surface area contributed by atoms with Crippen molar-refractivity contribution in [3.05, 3.63) is 35.4 Å². The largest absolute Gasteiger partial charge is 0.325 e. The molecule has 0 unspecified atom stereocenters. The number of halogens is 1. The molecule has 1 heterocycles. The molecule has 4 atom stereocenters. The normalized spacial score (nSPS) is 31.0. The van der Waals surface area contributed by atoms with Crippen LogP contribution in [-0.4, -0.2) is 17.7 Å². The van der Waals surface area contributed by atoms with Crippen molar-refractivity contribution in [3.63, 3.8) is 0 Å². The van der Waals surface area contributed by atoms with E-state index in [-0.39, 0.29) is 41.4 Å². The number of nitrogens with one attached hydrogen (secondary N) is 1. The maximum absolute atomic E-state index is 12.8. The van der Waals surface area contributed by atoms with Gasteiger partial charge in [0, 0.05) is 6.92 Å². The van der Waals surface area contributed by atoms with Crippen LogP contribution in [0.5, 0.6) is 0 Å². The molecule has 1 aromatic rings. The Hall–Kier alpha value is -2.14. The van der Waals surface area contributed by atoms with Crippen molar-refractivity contribution in [2.45, 2.75) is 13.3 Å². The minimum Gasteiger partial charge on any atom is -0.325 e. The second kappa shape index (κ2) is 4.93. The molecular weight excluding hydrogens is 316 g/mol. The molecule has 0 radical (unpaired) electrons. The minimum atomic E-state index is -0.262. The van der Waals surface area contributed by atoms with E-state index in [9.17, 15) is 14.4 Å². The number of nitrogens with zero attached hydrogens (tertiary/aromatic N) is 1. The smallest absolute Gasteiger partial charge is 0.238 e. The number of hydrogen-bond donors (Lipinski definition) is 1. The molecule has 1 saturated heterocycles. The predicted octanol–water partition coefficient (Wildman–Crippen LogP) is 2.61. The van der Waals surface area contributed by atoms with Crippen molar-refractivity contribution in [1.29, 1.82) is 0 Å². The molecule has 5 nitrogen and oxygen atoms in total. The zero-order valence-electron chi connectivity index (χ0n) is 12.5. The maximum atomic E-state index is 12.8. The lowest BCUT2D eigenvalue weighted by Gasteiger charge is -2.18. The number of rotatable bonds is 2. The van der Waals surface area contributed by atoms with Crippen LogP contribution in [0.1, 0.15) is 13.3 Å². The highest BCUT2D eigenvalue weighted by Crippen LogP contribution is 2.53. The van der Waals surface area contributed by atoms with E-state index >= 15 is 0 Å². The van der Waals surface area contributed by atoms with Crippen molar-refractivity contribution < 1.29 is 14.4 Å². The predicted molar refractivity (Wildman–Crippen MR) is 86.0 cm³/mol. The van der Waals surface area contributed by atoms with E-state index in [1.807, 2.05) is 0 Å². The molecule has 1 aliphatic heterocycles. The Bertz CT molecular complexity index is 743. The van der Waals surface area contributed by atoms with Gasteiger partial charge >= 0.3 is 0 Å². The SMILES string of the molecule is CC(=O)Nc1cc(N2C(=O)[C@@H]3[C@H](C2=O)[C@H]2C=C[C@@H]3C2)ccc1Cl. The summed E-state index contributed by atoms with van der Waals surface area (Å²) in [7, 11) is 0. The fraction of sp³-hybridized carbons (Fsp3) is 0.353. The van der Waals surface area contributed by atoms with E-state index in [1.54, 1.807) is 18.2 Å². The number of anilines is 2. The molecular formula is C17H15ClN2O3. The quantitative estimate of drug-likeness (QED) is 0.669. The fourth-order valence-corrected chi connectivity index (χ4v) is 4.26. The number of benzene rings is 1. The Morgan fingerprint density at radius 2 is 1.78 bits per heavy atom. The third-order valence-corrected chi connectivity index (χ3v) is 5.32. The lowest BCUT2D eigenvalue weighted by atomic mass is 9.85. The summed E-state index contributed by atoms with van der Waals surface area (Å²) in [6, 6.07) is 4.80. The standard InChI is InChI=1S/C17H15ClN2O3/c1-8(21)19-13-7-11(4-5-12(13)18)20-16(22)14-9-2-3-10(6-9)15(14)17(20)23/h2-5,7,9-10,14-15H,6H2,1H3,(H,19,21)/t9-,10+,14+,15-. The van der Waals surface area contributed by atoms with Crippen LogP contribution in [0.15, 0.2) is 30.4 Å². The lowest BCUT2D eigenvalue weighted by Crippen LogP contribution is -2.32. The number of imide groups is 1. The molecule has 118 valence electrons. The van der Waals surface area contributed by atoms with E-state index in [4.69, 9.17) is 11.6 Å². The summed E-state index contributed by atoms with van der Waals surface area (Å²) in [5.74, 6) is -0.681. The first-order valence-electron chi connectivity index (χ1n) is 7.60. The number of allylic oxidation sites excluding steroid dienone is 2. The maximum Gasteiger partial charge on any atom is 0.238 e. The first kappa shape index (κ1) is 14.5. The van der Waals surface area contributed by atoms with Gasteiger partial charge in [0.15, 0.2) is 0 Å². The first-order valence-corrected chi connectivity index (χ1v) is 7.98. The number of amides is 3. The summed E-state index contributed by atoms with van der Waals surface area (Å²) in [6.45, 7) is 1.38. The van der Waals surface area contributed by atoms with Crippen molar-refractivity contribution in [1.82, 2.24) is 0 Å². The second-order valence-corrected chi connectivity index (χ2v) is 6.76. The van der Waals surface area contributed by atoms with Gasteiger partial charge in [0.2, 0.25) is 17.7 Å². The zero-order valence-corrected chi connectivity index (χ0v) is 13.2. The molecule has 2 fully saturated rings. The molecule has 1 aromatic carbocycles. The number of carbonyl (C=O) groups excluding carboxylic acids is 3. The molecule has 3 amide bonds. The molecule has 2 aliphatic carbocycles. The van der Waals surface area contributed by atoms with Crippen LogP contribution in [0.25, 0.3) is 0 Å². The van der Waals surface area contributed by atoms with Gasteiger partial charge in [0.1, 0.15) is 0 Å². The Kier molecular flexibility index (Phi) is 3.10. The van der Waals surface area contributed by atoms with Crippen LogP contribution >= 0.6 is 11.6 Å². The van der Waals surface area contributed by atoms with Crippen LogP contribution in [0.3, 0.4) is 0 Å². The molecule has 0 aromatic heterocycles. The molecule has 2 bridgehead atoms. The van der Waals surface area contributed by atoms with Gasteiger partial charge in [-0.25, -0.2) is 4.90 Å². The summed E-state index contributed by atoms with van der Waals surface area (Å²) in [5.41, 5.74) is 0.859. The third-order valence-electron chi connectivity index (χ3n) is 4.99. The Morgan fingerprint density at radius 1 is 1.17 bits per heavy atom. The fourth-order valence-electron chi connectivity index (χ4n) is 4.09. The minimum absolute atomic E-state index is 0.145. The van der Waals surface area contributed by atoms with Gasteiger partial charge in [0.25, 0.3) is 0 Å². The van der Waals surface area contributed by atoms with Gasteiger partial charge in [-0.15, -0.1) is 0 Å². The van der Waals surface area contributed by atoms with Crippen molar-refractivity contribution in [2.24, 2.45) is 23.7 Å². The number of fused-ring (bicyclic) bond motifs is 5. The number of carbonyl (C=O) groups is 3. The highest BCUT2D eigenvalue weighted by atomic mass is 35.5. The molecule has 6 heteroatoms. The van der Waals surface area contributed by atoms with Gasteiger partial charge in [-0.05, 0) is 36.5 Å². The van der Waals surface area contributed by atoms with Gasteiger partial charge in [-0.2, -0.15) is 0 Å².